The molecule has 0 radical (unpaired) electrons. The largest absolute Gasteiger partial charge is 0.324 e. The zero-order chi connectivity index (χ0) is 12.1. The Hall–Kier alpha value is -1.35. The molecule has 1 amide bonds. The summed E-state index contributed by atoms with van der Waals surface area (Å²) >= 11 is 0. The molecule has 2 N–H and O–H groups in total. The number of nitrogens with one attached hydrogen (secondary N) is 2. The van der Waals surface area contributed by atoms with Crippen LogP contribution in [0.4, 0.5) is 5.69 Å². The normalized spacial score (nSPS) is 12.6. The molecule has 16 heavy (non-hydrogen) atoms. The topological polar surface area (TPSA) is 41.1 Å². The molecule has 1 aromatic carbocycles. The maximum atomic E-state index is 12.0. The van der Waals surface area contributed by atoms with Crippen molar-refractivity contribution in [2.45, 2.75) is 26.8 Å². The van der Waals surface area contributed by atoms with Gasteiger partial charge in [0, 0.05) is 5.69 Å². The standard InChI is InChI=1S/C13H20N2O/c1-9(2)12(14-4)13(16)15-11-8-6-5-7-10(11)3/h5-9,12,14H,1-4H3,(H,15,16). The number of amides is 1. The first-order chi connectivity index (χ1) is 7.56. The first kappa shape index (κ1) is 12.7. The third-order valence-corrected chi connectivity index (χ3v) is 2.66. The molecule has 0 fully saturated rings. The van der Waals surface area contributed by atoms with Gasteiger partial charge in [-0.05, 0) is 31.5 Å². The fourth-order valence-electron chi connectivity index (χ4n) is 1.69. The van der Waals surface area contributed by atoms with E-state index in [1.165, 1.54) is 0 Å². The first-order valence-corrected chi connectivity index (χ1v) is 5.60. The number of anilines is 1. The monoisotopic (exact) mass is 220 g/mol. The molecule has 0 aliphatic carbocycles. The first-order valence-electron chi connectivity index (χ1n) is 5.60. The number of likely N-dealkylation sites (N-methyl/N-ethyl adjacent to an activating group) is 1. The van der Waals surface area contributed by atoms with Crippen LogP contribution >= 0.6 is 0 Å². The molecule has 88 valence electrons. The molecule has 0 spiro atoms. The molecule has 0 aromatic heterocycles. The van der Waals surface area contributed by atoms with E-state index in [0.717, 1.165) is 11.3 Å². The molecule has 0 aliphatic rings. The van der Waals surface area contributed by atoms with Crippen molar-refractivity contribution in [1.29, 1.82) is 0 Å². The molecule has 3 heteroatoms. The molecular weight excluding hydrogens is 200 g/mol. The second-order valence-electron chi connectivity index (χ2n) is 4.31. The Morgan fingerprint density at radius 2 is 1.88 bits per heavy atom. The maximum Gasteiger partial charge on any atom is 0.241 e. The van der Waals surface area contributed by atoms with Crippen LogP contribution in [0.25, 0.3) is 0 Å². The van der Waals surface area contributed by atoms with Gasteiger partial charge in [0.2, 0.25) is 5.91 Å². The zero-order valence-corrected chi connectivity index (χ0v) is 10.4. The Morgan fingerprint density at radius 1 is 1.25 bits per heavy atom. The lowest BCUT2D eigenvalue weighted by molar-refractivity contribution is -0.118. The average Bonchev–Trinajstić information content (AvgIpc) is 2.22. The van der Waals surface area contributed by atoms with Crippen LogP contribution in [0.2, 0.25) is 0 Å². The van der Waals surface area contributed by atoms with Crippen LogP contribution in [-0.2, 0) is 4.79 Å². The molecule has 1 unspecified atom stereocenters. The molecule has 3 nitrogen and oxygen atoms in total. The molecule has 1 aromatic rings. The van der Waals surface area contributed by atoms with Crippen molar-refractivity contribution in [3.63, 3.8) is 0 Å². The number of hydrogen-bond acceptors (Lipinski definition) is 2. The van der Waals surface area contributed by atoms with E-state index >= 15 is 0 Å². The summed E-state index contributed by atoms with van der Waals surface area (Å²) in [5.41, 5.74) is 1.96. The molecule has 0 saturated carbocycles. The second kappa shape index (κ2) is 5.66. The lowest BCUT2D eigenvalue weighted by atomic mass is 10.0. The minimum Gasteiger partial charge on any atom is -0.324 e. The zero-order valence-electron chi connectivity index (χ0n) is 10.4. The second-order valence-corrected chi connectivity index (χ2v) is 4.31. The number of hydrogen-bond donors (Lipinski definition) is 2. The van der Waals surface area contributed by atoms with E-state index in [2.05, 4.69) is 10.6 Å². The van der Waals surface area contributed by atoms with Gasteiger partial charge in [-0.3, -0.25) is 4.79 Å². The Kier molecular flexibility index (Phi) is 4.50. The van der Waals surface area contributed by atoms with E-state index in [0.29, 0.717) is 0 Å². The van der Waals surface area contributed by atoms with Gasteiger partial charge in [-0.15, -0.1) is 0 Å². The maximum absolute atomic E-state index is 12.0. The predicted octanol–water partition coefficient (Wildman–Crippen LogP) is 2.18. The number of carbonyl (C=O) groups is 1. The smallest absolute Gasteiger partial charge is 0.241 e. The van der Waals surface area contributed by atoms with Gasteiger partial charge in [-0.2, -0.15) is 0 Å². The number of aryl methyl sites for hydroxylation is 1. The summed E-state index contributed by atoms with van der Waals surface area (Å²) in [4.78, 5) is 12.0. The van der Waals surface area contributed by atoms with Crippen molar-refractivity contribution in [3.8, 4) is 0 Å². The van der Waals surface area contributed by atoms with Gasteiger partial charge in [0.1, 0.15) is 0 Å². The van der Waals surface area contributed by atoms with E-state index in [-0.39, 0.29) is 17.9 Å². The van der Waals surface area contributed by atoms with Crippen molar-refractivity contribution in [1.82, 2.24) is 5.32 Å². The van der Waals surface area contributed by atoms with Crippen molar-refractivity contribution in [2.24, 2.45) is 5.92 Å². The van der Waals surface area contributed by atoms with Crippen molar-refractivity contribution >= 4 is 11.6 Å². The Balaban J connectivity index is 2.74. The van der Waals surface area contributed by atoms with Gasteiger partial charge in [0.15, 0.2) is 0 Å². The number of carbonyl (C=O) groups excluding carboxylic acids is 1. The van der Waals surface area contributed by atoms with Crippen LogP contribution < -0.4 is 10.6 Å². The third kappa shape index (κ3) is 3.07. The lowest BCUT2D eigenvalue weighted by Gasteiger charge is -2.20. The summed E-state index contributed by atoms with van der Waals surface area (Å²) in [7, 11) is 1.81. The van der Waals surface area contributed by atoms with Gasteiger partial charge >= 0.3 is 0 Å². The summed E-state index contributed by atoms with van der Waals surface area (Å²) in [6, 6.07) is 7.63. The molecule has 0 bridgehead atoms. The minimum absolute atomic E-state index is 0.0202. The number of para-hydroxylation sites is 1. The van der Waals surface area contributed by atoms with Gasteiger partial charge in [-0.1, -0.05) is 32.0 Å². The quantitative estimate of drug-likeness (QED) is 0.816. The van der Waals surface area contributed by atoms with E-state index in [4.69, 9.17) is 0 Å². The van der Waals surface area contributed by atoms with Crippen molar-refractivity contribution < 1.29 is 4.79 Å². The Morgan fingerprint density at radius 3 is 2.38 bits per heavy atom. The molecule has 1 rings (SSSR count). The predicted molar refractivity (Wildman–Crippen MR) is 67.5 cm³/mol. The third-order valence-electron chi connectivity index (χ3n) is 2.66. The van der Waals surface area contributed by atoms with E-state index in [9.17, 15) is 4.79 Å². The highest BCUT2D eigenvalue weighted by Gasteiger charge is 2.20. The fourth-order valence-corrected chi connectivity index (χ4v) is 1.69. The van der Waals surface area contributed by atoms with E-state index in [1.807, 2.05) is 52.1 Å². The summed E-state index contributed by atoms with van der Waals surface area (Å²) in [5, 5.41) is 5.97. The molecule has 1 atom stereocenters. The summed E-state index contributed by atoms with van der Waals surface area (Å²) in [6.07, 6.45) is 0. The van der Waals surface area contributed by atoms with Crippen LogP contribution in [0.1, 0.15) is 19.4 Å². The fraction of sp³-hybridized carbons (Fsp3) is 0.462. The van der Waals surface area contributed by atoms with Crippen LogP contribution in [0.3, 0.4) is 0 Å². The van der Waals surface area contributed by atoms with Gasteiger partial charge in [-0.25, -0.2) is 0 Å². The van der Waals surface area contributed by atoms with Gasteiger partial charge < -0.3 is 10.6 Å². The SMILES string of the molecule is CNC(C(=O)Nc1ccccc1C)C(C)C. The van der Waals surface area contributed by atoms with Crippen LogP contribution in [0, 0.1) is 12.8 Å². The highest BCUT2D eigenvalue weighted by Crippen LogP contribution is 2.14. The molecule has 0 aliphatic heterocycles. The highest BCUT2D eigenvalue weighted by atomic mass is 16.2. The summed E-state index contributed by atoms with van der Waals surface area (Å²) < 4.78 is 0. The van der Waals surface area contributed by atoms with Crippen LogP contribution in [-0.4, -0.2) is 19.0 Å². The summed E-state index contributed by atoms with van der Waals surface area (Å²) in [5.74, 6) is 0.292. The average molecular weight is 220 g/mol. The Bertz CT molecular complexity index is 361. The summed E-state index contributed by atoms with van der Waals surface area (Å²) in [6.45, 7) is 6.04. The van der Waals surface area contributed by atoms with Crippen LogP contribution in [0.15, 0.2) is 24.3 Å². The van der Waals surface area contributed by atoms with E-state index in [1.54, 1.807) is 0 Å². The van der Waals surface area contributed by atoms with Gasteiger partial charge in [0.05, 0.1) is 6.04 Å². The number of rotatable bonds is 4. The van der Waals surface area contributed by atoms with Gasteiger partial charge in [0.25, 0.3) is 0 Å². The highest BCUT2D eigenvalue weighted by molar-refractivity contribution is 5.95. The molecular formula is C13H20N2O. The minimum atomic E-state index is -0.153. The van der Waals surface area contributed by atoms with E-state index < -0.39 is 0 Å². The van der Waals surface area contributed by atoms with Crippen molar-refractivity contribution in [3.05, 3.63) is 29.8 Å². The van der Waals surface area contributed by atoms with Crippen LogP contribution in [0.5, 0.6) is 0 Å². The molecule has 0 saturated heterocycles. The van der Waals surface area contributed by atoms with Crippen molar-refractivity contribution in [2.75, 3.05) is 12.4 Å². The number of benzene rings is 1. The Labute approximate surface area is 97.2 Å². The lowest BCUT2D eigenvalue weighted by Crippen LogP contribution is -2.42. The molecule has 0 heterocycles.